The van der Waals surface area contributed by atoms with Gasteiger partial charge < -0.3 is 9.80 Å². The molecule has 0 unspecified atom stereocenters. The first-order chi connectivity index (χ1) is 19.7. The first-order valence-electron chi connectivity index (χ1n) is 14.2. The molecule has 192 valence electrons. The molecule has 0 saturated heterocycles. The number of aryl methyl sites for hydroxylation is 2. The molecule has 40 heavy (non-hydrogen) atoms. The Labute approximate surface area is 235 Å². The summed E-state index contributed by atoms with van der Waals surface area (Å²) in [5, 5.41) is 7.86. The average molecular weight is 515 g/mol. The van der Waals surface area contributed by atoms with Crippen LogP contribution in [0.15, 0.2) is 121 Å². The van der Waals surface area contributed by atoms with Gasteiger partial charge in [0.05, 0.1) is 5.69 Å². The van der Waals surface area contributed by atoms with Crippen LogP contribution in [0.2, 0.25) is 0 Å². The second-order valence-corrected chi connectivity index (χ2v) is 11.1. The predicted octanol–water partition coefficient (Wildman–Crippen LogP) is 10.4. The molecular weight excluding hydrogens is 484 g/mol. The Hall–Kier alpha value is -4.82. The number of rotatable bonds is 4. The summed E-state index contributed by atoms with van der Waals surface area (Å²) in [6.07, 6.45) is 1.09. The van der Waals surface area contributed by atoms with Crippen LogP contribution in [0, 0.1) is 13.8 Å². The molecular formula is C38H30N2. The van der Waals surface area contributed by atoms with Crippen LogP contribution in [-0.2, 0) is 6.42 Å². The zero-order chi connectivity index (χ0) is 26.8. The number of nitrogens with zero attached hydrogens (tertiary/aromatic N) is 2. The van der Waals surface area contributed by atoms with Gasteiger partial charge in [-0.2, -0.15) is 0 Å². The number of anilines is 5. The van der Waals surface area contributed by atoms with E-state index in [2.05, 4.69) is 145 Å². The topological polar surface area (TPSA) is 6.48 Å². The molecule has 0 fully saturated rings. The van der Waals surface area contributed by atoms with Crippen molar-refractivity contribution in [2.45, 2.75) is 20.3 Å². The van der Waals surface area contributed by atoms with E-state index in [0.29, 0.717) is 0 Å². The van der Waals surface area contributed by atoms with Gasteiger partial charge in [0.15, 0.2) is 0 Å². The van der Waals surface area contributed by atoms with Crippen LogP contribution in [-0.4, -0.2) is 6.54 Å². The summed E-state index contributed by atoms with van der Waals surface area (Å²) >= 11 is 0. The maximum Gasteiger partial charge on any atom is 0.0540 e. The van der Waals surface area contributed by atoms with Gasteiger partial charge in [0.2, 0.25) is 0 Å². The molecule has 7 aromatic carbocycles. The van der Waals surface area contributed by atoms with Crippen molar-refractivity contribution in [2.75, 3.05) is 16.3 Å². The minimum atomic E-state index is 1.02. The first-order valence-corrected chi connectivity index (χ1v) is 14.2. The van der Waals surface area contributed by atoms with E-state index in [0.717, 1.165) is 13.0 Å². The number of benzene rings is 7. The highest BCUT2D eigenvalue weighted by atomic mass is 15.2. The molecule has 0 saturated carbocycles. The monoisotopic (exact) mass is 514 g/mol. The molecule has 1 aliphatic heterocycles. The van der Waals surface area contributed by atoms with Crippen molar-refractivity contribution < 1.29 is 0 Å². The minimum Gasteiger partial charge on any atom is -0.340 e. The van der Waals surface area contributed by atoms with E-state index in [1.54, 1.807) is 0 Å². The van der Waals surface area contributed by atoms with Crippen LogP contribution in [0.25, 0.3) is 32.3 Å². The van der Waals surface area contributed by atoms with Gasteiger partial charge in [-0.1, -0.05) is 90.0 Å². The SMILES string of the molecule is Cc1ccc(N(c2ccc(C)cc2)c2ccc3ccc4c(N5CCc6ccccc65)ccc5ccc2c3c54)cc1. The van der Waals surface area contributed by atoms with Crippen LogP contribution >= 0.6 is 0 Å². The third-order valence-corrected chi connectivity index (χ3v) is 8.62. The Kier molecular flexibility index (Phi) is 5.12. The lowest BCUT2D eigenvalue weighted by atomic mass is 9.92. The number of para-hydroxylation sites is 1. The van der Waals surface area contributed by atoms with Crippen LogP contribution in [0.5, 0.6) is 0 Å². The molecule has 0 spiro atoms. The highest BCUT2D eigenvalue weighted by molar-refractivity contribution is 6.28. The molecule has 2 heteroatoms. The third-order valence-electron chi connectivity index (χ3n) is 8.62. The van der Waals surface area contributed by atoms with Gasteiger partial charge in [0.25, 0.3) is 0 Å². The standard InChI is InChI=1S/C38H30N2/c1-25-7-15-30(16-8-25)40(31-17-9-26(2)10-18-31)36-22-14-29-11-19-32-35(39-24-23-27-5-3-4-6-34(27)39)21-13-28-12-20-33(36)38(29)37(28)32/h3-22H,23-24H2,1-2H3. The van der Waals surface area contributed by atoms with E-state index >= 15 is 0 Å². The third kappa shape index (κ3) is 3.49. The molecule has 7 aromatic rings. The van der Waals surface area contributed by atoms with Crippen molar-refractivity contribution in [3.8, 4) is 0 Å². The summed E-state index contributed by atoms with van der Waals surface area (Å²) in [6, 6.07) is 45.0. The van der Waals surface area contributed by atoms with Crippen LogP contribution < -0.4 is 9.80 Å². The Bertz CT molecular complexity index is 1970. The largest absolute Gasteiger partial charge is 0.340 e. The lowest BCUT2D eigenvalue weighted by Gasteiger charge is -2.28. The fourth-order valence-corrected chi connectivity index (χ4v) is 6.60. The molecule has 0 bridgehead atoms. The molecule has 8 rings (SSSR count). The van der Waals surface area contributed by atoms with Gasteiger partial charge in [-0.25, -0.2) is 0 Å². The molecule has 0 atom stereocenters. The van der Waals surface area contributed by atoms with Gasteiger partial charge in [-0.15, -0.1) is 0 Å². The lowest BCUT2D eigenvalue weighted by molar-refractivity contribution is 1.00. The molecule has 0 N–H and O–H groups in total. The lowest BCUT2D eigenvalue weighted by Crippen LogP contribution is -2.13. The Morgan fingerprint density at radius 2 is 1.10 bits per heavy atom. The molecule has 0 aromatic heterocycles. The smallest absolute Gasteiger partial charge is 0.0540 e. The van der Waals surface area contributed by atoms with Gasteiger partial charge in [0.1, 0.15) is 0 Å². The predicted molar refractivity (Wildman–Crippen MR) is 171 cm³/mol. The molecule has 0 aliphatic carbocycles. The summed E-state index contributed by atoms with van der Waals surface area (Å²) in [7, 11) is 0. The molecule has 1 heterocycles. The Morgan fingerprint density at radius 1 is 0.525 bits per heavy atom. The minimum absolute atomic E-state index is 1.02. The molecule has 0 radical (unpaired) electrons. The molecule has 0 amide bonds. The van der Waals surface area contributed by atoms with Crippen molar-refractivity contribution in [3.63, 3.8) is 0 Å². The van der Waals surface area contributed by atoms with E-state index in [1.165, 1.54) is 77.4 Å². The van der Waals surface area contributed by atoms with Crippen LogP contribution in [0.4, 0.5) is 28.4 Å². The van der Waals surface area contributed by atoms with Crippen molar-refractivity contribution in [3.05, 3.63) is 138 Å². The summed E-state index contributed by atoms with van der Waals surface area (Å²) < 4.78 is 0. The fraction of sp³-hybridized carbons (Fsp3) is 0.105. The summed E-state index contributed by atoms with van der Waals surface area (Å²) in [4.78, 5) is 4.91. The second kappa shape index (κ2) is 8.86. The van der Waals surface area contributed by atoms with Crippen molar-refractivity contribution in [2.24, 2.45) is 0 Å². The van der Waals surface area contributed by atoms with Gasteiger partial charge in [-0.3, -0.25) is 0 Å². The number of fused-ring (bicyclic) bond motifs is 1. The maximum atomic E-state index is 2.51. The first kappa shape index (κ1) is 23.1. The molecule has 1 aliphatic rings. The quantitative estimate of drug-likeness (QED) is 0.216. The van der Waals surface area contributed by atoms with E-state index in [1.807, 2.05) is 0 Å². The van der Waals surface area contributed by atoms with Gasteiger partial charge in [0, 0.05) is 40.1 Å². The molecule has 2 nitrogen and oxygen atoms in total. The van der Waals surface area contributed by atoms with Crippen LogP contribution in [0.1, 0.15) is 16.7 Å². The van der Waals surface area contributed by atoms with E-state index in [4.69, 9.17) is 0 Å². The van der Waals surface area contributed by atoms with Crippen molar-refractivity contribution in [1.82, 2.24) is 0 Å². The Morgan fingerprint density at radius 3 is 1.80 bits per heavy atom. The van der Waals surface area contributed by atoms with Crippen molar-refractivity contribution in [1.29, 1.82) is 0 Å². The summed E-state index contributed by atoms with van der Waals surface area (Å²) in [5.74, 6) is 0. The maximum absolute atomic E-state index is 2.51. The van der Waals surface area contributed by atoms with E-state index in [9.17, 15) is 0 Å². The fourth-order valence-electron chi connectivity index (χ4n) is 6.60. The number of hydrogen-bond acceptors (Lipinski definition) is 2. The number of hydrogen-bond donors (Lipinski definition) is 0. The summed E-state index contributed by atoms with van der Waals surface area (Å²) in [6.45, 7) is 5.31. The Balaban J connectivity index is 1.39. The normalized spacial score (nSPS) is 13.0. The van der Waals surface area contributed by atoms with Crippen molar-refractivity contribution >= 4 is 60.8 Å². The highest BCUT2D eigenvalue weighted by Gasteiger charge is 2.24. The zero-order valence-electron chi connectivity index (χ0n) is 22.9. The summed E-state index contributed by atoms with van der Waals surface area (Å²) in [5.41, 5.74) is 10.1. The second-order valence-electron chi connectivity index (χ2n) is 11.1. The van der Waals surface area contributed by atoms with Gasteiger partial charge >= 0.3 is 0 Å². The average Bonchev–Trinajstić information content (AvgIpc) is 3.42. The zero-order valence-corrected chi connectivity index (χ0v) is 22.9. The van der Waals surface area contributed by atoms with E-state index in [-0.39, 0.29) is 0 Å². The van der Waals surface area contributed by atoms with E-state index < -0.39 is 0 Å². The van der Waals surface area contributed by atoms with Gasteiger partial charge in [-0.05, 0) is 89.8 Å². The van der Waals surface area contributed by atoms with Crippen LogP contribution in [0.3, 0.4) is 0 Å². The highest BCUT2D eigenvalue weighted by Crippen LogP contribution is 2.46.